The van der Waals surface area contributed by atoms with E-state index in [1.807, 2.05) is 12.1 Å². The van der Waals surface area contributed by atoms with Crippen molar-refractivity contribution in [3.63, 3.8) is 0 Å². The number of carboxylic acids is 1. The summed E-state index contributed by atoms with van der Waals surface area (Å²) in [5.74, 6) is -1.58. The lowest BCUT2D eigenvalue weighted by Crippen LogP contribution is -2.41. The molecular formula is C15H21NO4. The maximum Gasteiger partial charge on any atom is 0.326 e. The number of hydrogen-bond donors (Lipinski definition) is 3. The maximum absolute atomic E-state index is 11.9. The van der Waals surface area contributed by atoms with E-state index in [2.05, 4.69) is 12.2 Å². The van der Waals surface area contributed by atoms with Gasteiger partial charge in [0.05, 0.1) is 0 Å². The SMILES string of the molecule is CCCCc1ccc(C(=O)N[C@@H](CCO)C(=O)O)cc1. The van der Waals surface area contributed by atoms with E-state index in [0.29, 0.717) is 5.56 Å². The van der Waals surface area contributed by atoms with E-state index in [1.54, 1.807) is 12.1 Å². The lowest BCUT2D eigenvalue weighted by atomic mass is 10.1. The highest BCUT2D eigenvalue weighted by atomic mass is 16.4. The van der Waals surface area contributed by atoms with Gasteiger partial charge in [0.15, 0.2) is 0 Å². The van der Waals surface area contributed by atoms with Gasteiger partial charge >= 0.3 is 5.97 Å². The first-order chi connectivity index (χ1) is 9.58. The number of aliphatic carboxylic acids is 1. The predicted molar refractivity (Wildman–Crippen MR) is 75.6 cm³/mol. The zero-order chi connectivity index (χ0) is 15.0. The number of benzene rings is 1. The number of carbonyl (C=O) groups excluding carboxylic acids is 1. The molecule has 1 rings (SSSR count). The Kier molecular flexibility index (Phi) is 6.73. The van der Waals surface area contributed by atoms with E-state index in [-0.39, 0.29) is 13.0 Å². The lowest BCUT2D eigenvalue weighted by Gasteiger charge is -2.13. The quantitative estimate of drug-likeness (QED) is 0.674. The van der Waals surface area contributed by atoms with Gasteiger partial charge in [0, 0.05) is 18.6 Å². The molecule has 3 N–H and O–H groups in total. The van der Waals surface area contributed by atoms with Crippen LogP contribution in [0.2, 0.25) is 0 Å². The average Bonchev–Trinajstić information content (AvgIpc) is 2.45. The fraction of sp³-hybridized carbons (Fsp3) is 0.467. The van der Waals surface area contributed by atoms with E-state index in [1.165, 1.54) is 0 Å². The number of carbonyl (C=O) groups is 2. The molecule has 110 valence electrons. The average molecular weight is 279 g/mol. The van der Waals surface area contributed by atoms with Crippen LogP contribution in [-0.4, -0.2) is 34.7 Å². The van der Waals surface area contributed by atoms with Crippen LogP contribution in [0.3, 0.4) is 0 Å². The van der Waals surface area contributed by atoms with Crippen molar-refractivity contribution in [2.24, 2.45) is 0 Å². The number of aryl methyl sites for hydroxylation is 1. The number of unbranched alkanes of at least 4 members (excludes halogenated alkanes) is 1. The minimum atomic E-state index is -1.15. The fourth-order valence-electron chi connectivity index (χ4n) is 1.83. The molecule has 0 heterocycles. The Morgan fingerprint density at radius 1 is 1.25 bits per heavy atom. The zero-order valence-electron chi connectivity index (χ0n) is 11.6. The van der Waals surface area contributed by atoms with Crippen molar-refractivity contribution in [1.82, 2.24) is 5.32 Å². The molecule has 0 aliphatic heterocycles. The molecule has 0 fully saturated rings. The maximum atomic E-state index is 11.9. The summed E-state index contributed by atoms with van der Waals surface area (Å²) in [5.41, 5.74) is 1.59. The number of rotatable bonds is 8. The Balaban J connectivity index is 2.64. The molecule has 0 bridgehead atoms. The summed E-state index contributed by atoms with van der Waals surface area (Å²) in [6, 6.07) is 6.09. The number of amides is 1. The van der Waals surface area contributed by atoms with Gasteiger partial charge < -0.3 is 15.5 Å². The van der Waals surface area contributed by atoms with E-state index in [9.17, 15) is 9.59 Å². The van der Waals surface area contributed by atoms with Crippen LogP contribution in [0, 0.1) is 0 Å². The van der Waals surface area contributed by atoms with Crippen molar-refractivity contribution in [1.29, 1.82) is 0 Å². The van der Waals surface area contributed by atoms with E-state index >= 15 is 0 Å². The van der Waals surface area contributed by atoms with Gasteiger partial charge in [-0.25, -0.2) is 4.79 Å². The van der Waals surface area contributed by atoms with Crippen LogP contribution < -0.4 is 5.32 Å². The highest BCUT2D eigenvalue weighted by Crippen LogP contribution is 2.08. The number of aliphatic hydroxyl groups is 1. The smallest absolute Gasteiger partial charge is 0.326 e. The topological polar surface area (TPSA) is 86.6 Å². The molecule has 0 spiro atoms. The van der Waals surface area contributed by atoms with Gasteiger partial charge in [0.25, 0.3) is 5.91 Å². The second kappa shape index (κ2) is 8.32. The Morgan fingerprint density at radius 2 is 1.90 bits per heavy atom. The molecule has 5 nitrogen and oxygen atoms in total. The molecule has 0 saturated carbocycles. The van der Waals surface area contributed by atoms with Crippen molar-refractivity contribution in [3.05, 3.63) is 35.4 Å². The molecule has 1 aromatic carbocycles. The van der Waals surface area contributed by atoms with Crippen molar-refractivity contribution < 1.29 is 19.8 Å². The van der Waals surface area contributed by atoms with Gasteiger partial charge in [-0.2, -0.15) is 0 Å². The summed E-state index contributed by atoms with van der Waals surface area (Å²) < 4.78 is 0. The Morgan fingerprint density at radius 3 is 2.40 bits per heavy atom. The number of hydrogen-bond acceptors (Lipinski definition) is 3. The molecule has 0 unspecified atom stereocenters. The molecule has 1 atom stereocenters. The monoisotopic (exact) mass is 279 g/mol. The highest BCUT2D eigenvalue weighted by molar-refractivity contribution is 5.96. The van der Waals surface area contributed by atoms with Crippen LogP contribution in [0.15, 0.2) is 24.3 Å². The third-order valence-corrected chi connectivity index (χ3v) is 3.06. The molecule has 0 aliphatic carbocycles. The van der Waals surface area contributed by atoms with Gasteiger partial charge in [-0.15, -0.1) is 0 Å². The van der Waals surface area contributed by atoms with Crippen molar-refractivity contribution in [2.45, 2.75) is 38.6 Å². The third-order valence-electron chi connectivity index (χ3n) is 3.06. The second-order valence-corrected chi connectivity index (χ2v) is 4.68. The van der Waals surface area contributed by atoms with Crippen LogP contribution in [0.1, 0.15) is 42.1 Å². The molecular weight excluding hydrogens is 258 g/mol. The molecule has 0 aromatic heterocycles. The number of carboxylic acid groups (broad SMARTS) is 1. The van der Waals surface area contributed by atoms with Crippen LogP contribution in [0.5, 0.6) is 0 Å². The minimum absolute atomic E-state index is 0.00431. The van der Waals surface area contributed by atoms with Gasteiger partial charge in [-0.3, -0.25) is 4.79 Å². The standard InChI is InChI=1S/C15H21NO4/c1-2-3-4-11-5-7-12(8-6-11)14(18)16-13(9-10-17)15(19)20/h5-8,13,17H,2-4,9-10H2,1H3,(H,16,18)(H,19,20)/t13-/m0/s1. The van der Waals surface area contributed by atoms with Crippen LogP contribution in [-0.2, 0) is 11.2 Å². The molecule has 1 amide bonds. The molecule has 0 saturated heterocycles. The van der Waals surface area contributed by atoms with E-state index in [4.69, 9.17) is 10.2 Å². The Hall–Kier alpha value is -1.88. The third kappa shape index (κ3) is 5.01. The molecule has 1 aromatic rings. The van der Waals surface area contributed by atoms with Crippen LogP contribution in [0.4, 0.5) is 0 Å². The summed E-state index contributed by atoms with van der Waals surface area (Å²) in [6.07, 6.45) is 3.18. The summed E-state index contributed by atoms with van der Waals surface area (Å²) in [4.78, 5) is 22.8. The Bertz CT molecular complexity index is 442. The first-order valence-corrected chi connectivity index (χ1v) is 6.82. The van der Waals surface area contributed by atoms with Crippen molar-refractivity contribution in [2.75, 3.05) is 6.61 Å². The first kappa shape index (κ1) is 16.2. The zero-order valence-corrected chi connectivity index (χ0v) is 11.6. The predicted octanol–water partition coefficient (Wildman–Crippen LogP) is 1.59. The molecule has 0 aliphatic rings. The lowest BCUT2D eigenvalue weighted by molar-refractivity contribution is -0.139. The minimum Gasteiger partial charge on any atom is -0.480 e. The van der Waals surface area contributed by atoms with E-state index in [0.717, 1.165) is 24.8 Å². The van der Waals surface area contributed by atoms with Crippen LogP contribution >= 0.6 is 0 Å². The number of nitrogens with one attached hydrogen (secondary N) is 1. The van der Waals surface area contributed by atoms with Gasteiger partial charge in [0.1, 0.15) is 6.04 Å². The normalized spacial score (nSPS) is 11.9. The molecule has 5 heteroatoms. The summed E-state index contributed by atoms with van der Waals surface area (Å²) in [7, 11) is 0. The van der Waals surface area contributed by atoms with Crippen LogP contribution in [0.25, 0.3) is 0 Å². The Labute approximate surface area is 118 Å². The summed E-state index contributed by atoms with van der Waals surface area (Å²) in [6.45, 7) is 1.84. The second-order valence-electron chi connectivity index (χ2n) is 4.68. The van der Waals surface area contributed by atoms with E-state index < -0.39 is 17.9 Å². The fourth-order valence-corrected chi connectivity index (χ4v) is 1.83. The number of aliphatic hydroxyl groups excluding tert-OH is 1. The largest absolute Gasteiger partial charge is 0.480 e. The molecule has 0 radical (unpaired) electrons. The van der Waals surface area contributed by atoms with Gasteiger partial charge in [0.2, 0.25) is 0 Å². The van der Waals surface area contributed by atoms with Gasteiger partial charge in [-0.1, -0.05) is 25.5 Å². The van der Waals surface area contributed by atoms with Crippen molar-refractivity contribution >= 4 is 11.9 Å². The summed E-state index contributed by atoms with van der Waals surface area (Å²) in [5, 5.41) is 20.1. The molecule has 20 heavy (non-hydrogen) atoms. The first-order valence-electron chi connectivity index (χ1n) is 6.82. The van der Waals surface area contributed by atoms with Crippen molar-refractivity contribution in [3.8, 4) is 0 Å². The summed E-state index contributed by atoms with van der Waals surface area (Å²) >= 11 is 0. The highest BCUT2D eigenvalue weighted by Gasteiger charge is 2.19. The van der Waals surface area contributed by atoms with Gasteiger partial charge in [-0.05, 0) is 30.5 Å².